The topological polar surface area (TPSA) is 71.7 Å². The molecule has 0 bridgehead atoms. The van der Waals surface area contributed by atoms with Crippen LogP contribution in [0.1, 0.15) is 34.3 Å². The Morgan fingerprint density at radius 3 is 2.68 bits per heavy atom. The molecule has 7 nitrogen and oxygen atoms in total. The van der Waals surface area contributed by atoms with E-state index in [-0.39, 0.29) is 5.97 Å². The third-order valence-corrected chi connectivity index (χ3v) is 4.52. The predicted octanol–water partition coefficient (Wildman–Crippen LogP) is 2.19. The van der Waals surface area contributed by atoms with E-state index in [0.717, 1.165) is 44.2 Å². The molecule has 0 spiro atoms. The van der Waals surface area contributed by atoms with E-state index in [4.69, 9.17) is 9.26 Å². The third-order valence-electron chi connectivity index (χ3n) is 4.52. The lowest BCUT2D eigenvalue weighted by Crippen LogP contribution is -2.46. The van der Waals surface area contributed by atoms with Crippen molar-refractivity contribution >= 4 is 11.8 Å². The van der Waals surface area contributed by atoms with Gasteiger partial charge in [0.15, 0.2) is 0 Å². The summed E-state index contributed by atoms with van der Waals surface area (Å²) in [7, 11) is 0. The zero-order chi connectivity index (χ0) is 17.8. The number of piperazine rings is 1. The van der Waals surface area contributed by atoms with Gasteiger partial charge in [-0.1, -0.05) is 5.16 Å². The fourth-order valence-corrected chi connectivity index (χ4v) is 3.09. The van der Waals surface area contributed by atoms with Gasteiger partial charge in [0, 0.05) is 44.5 Å². The first-order valence-corrected chi connectivity index (χ1v) is 8.61. The van der Waals surface area contributed by atoms with Crippen LogP contribution in [0, 0.1) is 13.8 Å². The summed E-state index contributed by atoms with van der Waals surface area (Å²) >= 11 is 0. The zero-order valence-electron chi connectivity index (χ0n) is 15.0. The predicted molar refractivity (Wildman–Crippen MR) is 93.7 cm³/mol. The van der Waals surface area contributed by atoms with Crippen LogP contribution in [0.3, 0.4) is 0 Å². The van der Waals surface area contributed by atoms with Gasteiger partial charge in [-0.15, -0.1) is 0 Å². The van der Waals surface area contributed by atoms with E-state index in [0.29, 0.717) is 18.0 Å². The molecule has 0 radical (unpaired) electrons. The molecule has 1 fully saturated rings. The highest BCUT2D eigenvalue weighted by molar-refractivity contribution is 5.94. The number of carbonyl (C=O) groups is 1. The smallest absolute Gasteiger partial charge is 0.341 e. The van der Waals surface area contributed by atoms with Crippen molar-refractivity contribution in [3.8, 4) is 0 Å². The highest BCUT2D eigenvalue weighted by Gasteiger charge is 2.24. The van der Waals surface area contributed by atoms with E-state index in [2.05, 4.69) is 19.9 Å². The monoisotopic (exact) mass is 344 g/mol. The second-order valence-electron chi connectivity index (χ2n) is 6.16. The molecule has 1 aliphatic heterocycles. The van der Waals surface area contributed by atoms with Crippen LogP contribution in [0.5, 0.6) is 0 Å². The number of nitrogens with zero attached hydrogens (tertiary/aromatic N) is 4. The molecule has 2 aromatic heterocycles. The van der Waals surface area contributed by atoms with Crippen molar-refractivity contribution in [3.05, 3.63) is 40.9 Å². The van der Waals surface area contributed by atoms with Gasteiger partial charge in [0.05, 0.1) is 12.3 Å². The number of carbonyl (C=O) groups excluding carboxylic acids is 1. The molecule has 0 saturated carbocycles. The number of anilines is 1. The summed E-state index contributed by atoms with van der Waals surface area (Å²) in [5.41, 5.74) is 2.65. The standard InChI is InChI=1S/C18H24N4O3/c1-4-24-18(23)15-6-5-7-19-17(15)22-10-8-21(9-11-22)12-16-13(2)20-25-14(16)3/h5-7H,4,8-12H2,1-3H3. The molecule has 134 valence electrons. The number of aryl methyl sites for hydroxylation is 2. The van der Waals surface area contributed by atoms with Gasteiger partial charge in [-0.3, -0.25) is 4.90 Å². The van der Waals surface area contributed by atoms with Crippen LogP contribution in [0.4, 0.5) is 5.82 Å². The Morgan fingerprint density at radius 2 is 2.04 bits per heavy atom. The Morgan fingerprint density at radius 1 is 1.28 bits per heavy atom. The minimum atomic E-state index is -0.316. The minimum absolute atomic E-state index is 0.316. The molecule has 1 saturated heterocycles. The molecule has 1 aliphatic rings. The van der Waals surface area contributed by atoms with Crippen LogP contribution < -0.4 is 4.90 Å². The Labute approximate surface area is 147 Å². The van der Waals surface area contributed by atoms with Crippen molar-refractivity contribution in [2.45, 2.75) is 27.3 Å². The second-order valence-corrected chi connectivity index (χ2v) is 6.16. The molecule has 0 aromatic carbocycles. The van der Waals surface area contributed by atoms with E-state index in [1.165, 1.54) is 5.56 Å². The second kappa shape index (κ2) is 7.65. The highest BCUT2D eigenvalue weighted by Crippen LogP contribution is 2.21. The van der Waals surface area contributed by atoms with E-state index >= 15 is 0 Å². The number of esters is 1. The first kappa shape index (κ1) is 17.4. The van der Waals surface area contributed by atoms with Crippen molar-refractivity contribution in [1.29, 1.82) is 0 Å². The summed E-state index contributed by atoms with van der Waals surface area (Å²) in [6, 6.07) is 3.54. The van der Waals surface area contributed by atoms with E-state index < -0.39 is 0 Å². The van der Waals surface area contributed by atoms with Crippen LogP contribution in [-0.2, 0) is 11.3 Å². The van der Waals surface area contributed by atoms with Crippen LogP contribution in [0.15, 0.2) is 22.9 Å². The largest absolute Gasteiger partial charge is 0.462 e. The molecule has 0 atom stereocenters. The quantitative estimate of drug-likeness (QED) is 0.770. The lowest BCUT2D eigenvalue weighted by Gasteiger charge is -2.35. The van der Waals surface area contributed by atoms with Gasteiger partial charge in [-0.05, 0) is 32.9 Å². The number of hydrogen-bond acceptors (Lipinski definition) is 7. The minimum Gasteiger partial charge on any atom is -0.462 e. The van der Waals surface area contributed by atoms with Crippen molar-refractivity contribution in [1.82, 2.24) is 15.0 Å². The van der Waals surface area contributed by atoms with Crippen molar-refractivity contribution in [3.63, 3.8) is 0 Å². The molecule has 7 heteroatoms. The van der Waals surface area contributed by atoms with Gasteiger partial charge >= 0.3 is 5.97 Å². The Balaban J connectivity index is 1.66. The van der Waals surface area contributed by atoms with Gasteiger partial charge in [0.2, 0.25) is 0 Å². The van der Waals surface area contributed by atoms with E-state index in [9.17, 15) is 4.79 Å². The third kappa shape index (κ3) is 3.82. The van der Waals surface area contributed by atoms with E-state index in [1.807, 2.05) is 13.8 Å². The number of ether oxygens (including phenoxy) is 1. The summed E-state index contributed by atoms with van der Waals surface area (Å²) in [5, 5.41) is 4.02. The molecule has 0 unspecified atom stereocenters. The van der Waals surface area contributed by atoms with Gasteiger partial charge in [-0.25, -0.2) is 9.78 Å². The van der Waals surface area contributed by atoms with Crippen LogP contribution in [0.25, 0.3) is 0 Å². The van der Waals surface area contributed by atoms with Crippen LogP contribution >= 0.6 is 0 Å². The van der Waals surface area contributed by atoms with Crippen LogP contribution in [0.2, 0.25) is 0 Å². The van der Waals surface area contributed by atoms with Crippen LogP contribution in [-0.4, -0.2) is 53.8 Å². The molecule has 2 aromatic rings. The summed E-state index contributed by atoms with van der Waals surface area (Å²) in [6.07, 6.45) is 1.72. The van der Waals surface area contributed by atoms with Gasteiger partial charge in [0.1, 0.15) is 17.1 Å². The molecule has 0 N–H and O–H groups in total. The lowest BCUT2D eigenvalue weighted by atomic mass is 10.1. The number of pyridine rings is 1. The molecular weight excluding hydrogens is 320 g/mol. The maximum atomic E-state index is 12.1. The zero-order valence-corrected chi connectivity index (χ0v) is 15.0. The van der Waals surface area contributed by atoms with Crippen molar-refractivity contribution in [2.75, 3.05) is 37.7 Å². The molecule has 25 heavy (non-hydrogen) atoms. The fourth-order valence-electron chi connectivity index (χ4n) is 3.09. The Bertz CT molecular complexity index is 716. The summed E-state index contributed by atoms with van der Waals surface area (Å²) in [4.78, 5) is 21.1. The Kier molecular flexibility index (Phi) is 5.33. The number of aromatic nitrogens is 2. The average Bonchev–Trinajstić information content (AvgIpc) is 2.94. The summed E-state index contributed by atoms with van der Waals surface area (Å²) < 4.78 is 10.4. The molecule has 0 aliphatic carbocycles. The van der Waals surface area contributed by atoms with Gasteiger partial charge < -0.3 is 14.2 Å². The molecular formula is C18H24N4O3. The van der Waals surface area contributed by atoms with Gasteiger partial charge in [-0.2, -0.15) is 0 Å². The van der Waals surface area contributed by atoms with E-state index in [1.54, 1.807) is 25.3 Å². The normalized spacial score (nSPS) is 15.4. The maximum absolute atomic E-state index is 12.1. The molecule has 0 amide bonds. The SMILES string of the molecule is CCOC(=O)c1cccnc1N1CCN(Cc2c(C)noc2C)CC1. The summed E-state index contributed by atoms with van der Waals surface area (Å²) in [6.45, 7) is 10.3. The fraction of sp³-hybridized carbons (Fsp3) is 0.500. The maximum Gasteiger partial charge on any atom is 0.341 e. The number of rotatable bonds is 5. The lowest BCUT2D eigenvalue weighted by molar-refractivity contribution is 0.0526. The molecule has 3 heterocycles. The van der Waals surface area contributed by atoms with Gasteiger partial charge in [0.25, 0.3) is 0 Å². The Hall–Kier alpha value is -2.41. The number of hydrogen-bond donors (Lipinski definition) is 0. The first-order chi connectivity index (χ1) is 12.1. The average molecular weight is 344 g/mol. The van der Waals surface area contributed by atoms with Crippen molar-refractivity contribution in [2.24, 2.45) is 0 Å². The molecule has 3 rings (SSSR count). The first-order valence-electron chi connectivity index (χ1n) is 8.61. The highest BCUT2D eigenvalue weighted by atomic mass is 16.5. The summed E-state index contributed by atoms with van der Waals surface area (Å²) in [5.74, 6) is 1.27. The van der Waals surface area contributed by atoms with Crippen molar-refractivity contribution < 1.29 is 14.1 Å².